The highest BCUT2D eigenvalue weighted by atomic mass is 28.3. The molecule has 0 bridgehead atoms. The Morgan fingerprint density at radius 3 is 2.22 bits per heavy atom. The van der Waals surface area contributed by atoms with Gasteiger partial charge in [0.2, 0.25) is 0 Å². The molecule has 2 aromatic carbocycles. The van der Waals surface area contributed by atoms with Gasteiger partial charge in [0, 0.05) is 0 Å². The van der Waals surface area contributed by atoms with Crippen LogP contribution in [0.3, 0.4) is 0 Å². The van der Waals surface area contributed by atoms with E-state index >= 15 is 0 Å². The van der Waals surface area contributed by atoms with Crippen LogP contribution >= 0.6 is 0 Å². The van der Waals surface area contributed by atoms with Gasteiger partial charge in [0.15, 0.2) is 0 Å². The molecule has 0 amide bonds. The second kappa shape index (κ2) is 4.58. The third-order valence-corrected chi connectivity index (χ3v) is 5.63. The minimum absolute atomic E-state index is 0.758. The van der Waals surface area contributed by atoms with Crippen LogP contribution in [0.1, 0.15) is 16.7 Å². The van der Waals surface area contributed by atoms with Gasteiger partial charge in [-0.25, -0.2) is 0 Å². The van der Waals surface area contributed by atoms with Crippen LogP contribution in [0, 0.1) is 0 Å². The van der Waals surface area contributed by atoms with Crippen LogP contribution < -0.4 is 0 Å². The minimum Gasteiger partial charge on any atom is -0.0720 e. The van der Waals surface area contributed by atoms with E-state index in [0.717, 1.165) is 0 Å². The van der Waals surface area contributed by atoms with Gasteiger partial charge in [-0.2, -0.15) is 0 Å². The average molecular weight is 250 g/mol. The Morgan fingerprint density at radius 1 is 0.833 bits per heavy atom. The van der Waals surface area contributed by atoms with Crippen LogP contribution in [0.15, 0.2) is 59.8 Å². The molecule has 18 heavy (non-hydrogen) atoms. The van der Waals surface area contributed by atoms with Gasteiger partial charge in [-0.05, 0) is 28.7 Å². The first-order valence-electron chi connectivity index (χ1n) is 6.64. The molecule has 0 fully saturated rings. The SMILES string of the molecule is C[SiH](C)C1=C(c2ccccc2)c2ccccc2C1. The van der Waals surface area contributed by atoms with Crippen LogP contribution in [-0.4, -0.2) is 8.80 Å². The fourth-order valence-corrected chi connectivity index (χ4v) is 4.35. The van der Waals surface area contributed by atoms with Gasteiger partial charge < -0.3 is 0 Å². The van der Waals surface area contributed by atoms with Crippen molar-refractivity contribution in [2.24, 2.45) is 0 Å². The predicted molar refractivity (Wildman–Crippen MR) is 81.5 cm³/mol. The summed E-state index contributed by atoms with van der Waals surface area (Å²) in [5, 5.41) is 1.71. The zero-order valence-corrected chi connectivity index (χ0v) is 12.1. The van der Waals surface area contributed by atoms with E-state index in [1.807, 2.05) is 0 Å². The standard InChI is InChI=1S/C17H18Si/c1-18(2)16-12-14-10-6-7-11-15(14)17(16)13-8-4-3-5-9-13/h3-11,18H,12H2,1-2H3. The summed E-state index contributed by atoms with van der Waals surface area (Å²) in [5.74, 6) is 0. The average Bonchev–Trinajstić information content (AvgIpc) is 2.79. The third kappa shape index (κ3) is 1.85. The molecule has 0 aliphatic heterocycles. The van der Waals surface area contributed by atoms with Crippen LogP contribution in [0.5, 0.6) is 0 Å². The Bertz CT molecular complexity index is 594. The normalized spacial score (nSPS) is 14.2. The van der Waals surface area contributed by atoms with E-state index in [4.69, 9.17) is 0 Å². The summed E-state index contributed by atoms with van der Waals surface area (Å²) in [6, 6.07) is 19.7. The molecular formula is C17H18Si. The van der Waals surface area contributed by atoms with E-state index < -0.39 is 8.80 Å². The summed E-state index contributed by atoms with van der Waals surface area (Å²) in [6.45, 7) is 4.87. The molecular weight excluding hydrogens is 232 g/mol. The van der Waals surface area contributed by atoms with Crippen molar-refractivity contribution >= 4 is 14.4 Å². The number of hydrogen-bond acceptors (Lipinski definition) is 0. The summed E-state index contributed by atoms with van der Waals surface area (Å²) >= 11 is 0. The second-order valence-electron chi connectivity index (χ2n) is 5.25. The molecule has 0 heterocycles. The summed E-state index contributed by atoms with van der Waals surface area (Å²) in [7, 11) is -0.758. The Balaban J connectivity index is 2.21. The lowest BCUT2D eigenvalue weighted by molar-refractivity contribution is 1.27. The lowest BCUT2D eigenvalue weighted by atomic mass is 9.99. The molecule has 90 valence electrons. The lowest BCUT2D eigenvalue weighted by Gasteiger charge is -2.11. The van der Waals surface area contributed by atoms with Crippen molar-refractivity contribution < 1.29 is 0 Å². The summed E-state index contributed by atoms with van der Waals surface area (Å²) in [4.78, 5) is 0. The first-order chi connectivity index (χ1) is 8.77. The van der Waals surface area contributed by atoms with E-state index in [-0.39, 0.29) is 0 Å². The molecule has 2 aromatic rings. The van der Waals surface area contributed by atoms with E-state index in [2.05, 4.69) is 67.7 Å². The van der Waals surface area contributed by atoms with Crippen LogP contribution in [0.2, 0.25) is 13.1 Å². The Morgan fingerprint density at radius 2 is 1.50 bits per heavy atom. The van der Waals surface area contributed by atoms with Crippen molar-refractivity contribution in [2.75, 3.05) is 0 Å². The van der Waals surface area contributed by atoms with E-state index in [1.165, 1.54) is 28.7 Å². The van der Waals surface area contributed by atoms with Gasteiger partial charge in [-0.3, -0.25) is 0 Å². The molecule has 1 aliphatic carbocycles. The second-order valence-corrected chi connectivity index (χ2v) is 8.26. The topological polar surface area (TPSA) is 0 Å². The molecule has 3 rings (SSSR count). The van der Waals surface area contributed by atoms with Crippen molar-refractivity contribution in [2.45, 2.75) is 19.5 Å². The Labute approximate surface area is 111 Å². The zero-order valence-electron chi connectivity index (χ0n) is 11.0. The van der Waals surface area contributed by atoms with E-state index in [9.17, 15) is 0 Å². The largest absolute Gasteiger partial charge is 0.0720 e. The summed E-state index contributed by atoms with van der Waals surface area (Å²) in [6.07, 6.45) is 1.17. The Hall–Kier alpha value is -1.60. The van der Waals surface area contributed by atoms with Crippen molar-refractivity contribution in [3.8, 4) is 0 Å². The fraction of sp³-hybridized carbons (Fsp3) is 0.176. The zero-order chi connectivity index (χ0) is 12.5. The van der Waals surface area contributed by atoms with Crippen LogP contribution in [-0.2, 0) is 6.42 Å². The van der Waals surface area contributed by atoms with Crippen molar-refractivity contribution in [3.63, 3.8) is 0 Å². The molecule has 0 saturated carbocycles. The highest BCUT2D eigenvalue weighted by Crippen LogP contribution is 2.38. The molecule has 0 spiro atoms. The van der Waals surface area contributed by atoms with Gasteiger partial charge in [-0.15, -0.1) is 0 Å². The quantitative estimate of drug-likeness (QED) is 0.705. The first-order valence-corrected chi connectivity index (χ1v) is 9.53. The molecule has 0 aromatic heterocycles. The van der Waals surface area contributed by atoms with Gasteiger partial charge in [0.05, 0.1) is 8.80 Å². The molecule has 0 radical (unpaired) electrons. The first kappa shape index (κ1) is 11.5. The molecule has 0 atom stereocenters. The molecule has 0 nitrogen and oxygen atoms in total. The summed E-state index contributed by atoms with van der Waals surface area (Å²) in [5.41, 5.74) is 5.87. The molecule has 0 unspecified atom stereocenters. The van der Waals surface area contributed by atoms with Crippen molar-refractivity contribution in [1.82, 2.24) is 0 Å². The molecule has 0 saturated heterocycles. The highest BCUT2D eigenvalue weighted by Gasteiger charge is 2.23. The smallest absolute Gasteiger partial charge is 0.0608 e. The van der Waals surface area contributed by atoms with E-state index in [0.29, 0.717) is 0 Å². The number of fused-ring (bicyclic) bond motifs is 1. The van der Waals surface area contributed by atoms with Gasteiger partial charge >= 0.3 is 0 Å². The maximum absolute atomic E-state index is 2.43. The maximum Gasteiger partial charge on any atom is 0.0608 e. The number of hydrogen-bond donors (Lipinski definition) is 0. The van der Waals surface area contributed by atoms with Crippen LogP contribution in [0.4, 0.5) is 0 Å². The minimum atomic E-state index is -0.758. The van der Waals surface area contributed by atoms with Gasteiger partial charge in [0.1, 0.15) is 0 Å². The van der Waals surface area contributed by atoms with Crippen LogP contribution in [0.25, 0.3) is 5.57 Å². The maximum atomic E-state index is 2.43. The fourth-order valence-electron chi connectivity index (χ4n) is 2.82. The third-order valence-electron chi connectivity index (χ3n) is 3.75. The number of allylic oxidation sites excluding steroid dienone is 1. The van der Waals surface area contributed by atoms with Crippen molar-refractivity contribution in [3.05, 3.63) is 76.5 Å². The highest BCUT2D eigenvalue weighted by molar-refractivity contribution is 6.65. The number of rotatable bonds is 2. The summed E-state index contributed by atoms with van der Waals surface area (Å²) < 4.78 is 0. The number of benzene rings is 2. The molecule has 0 N–H and O–H groups in total. The molecule has 1 heteroatoms. The van der Waals surface area contributed by atoms with E-state index in [1.54, 1.807) is 5.20 Å². The monoisotopic (exact) mass is 250 g/mol. The van der Waals surface area contributed by atoms with Gasteiger partial charge in [-0.1, -0.05) is 72.9 Å². The Kier molecular flexibility index (Phi) is 2.92. The van der Waals surface area contributed by atoms with Crippen molar-refractivity contribution in [1.29, 1.82) is 0 Å². The lowest BCUT2D eigenvalue weighted by Crippen LogP contribution is -2.07. The predicted octanol–water partition coefficient (Wildman–Crippen LogP) is 4.07. The van der Waals surface area contributed by atoms with Gasteiger partial charge in [0.25, 0.3) is 0 Å². The molecule has 1 aliphatic rings.